The number of hydrogen-bond donors (Lipinski definition) is 3. The molecule has 5 nitrogen and oxygen atoms in total. The molecule has 1 aliphatic heterocycles. The lowest BCUT2D eigenvalue weighted by Crippen LogP contribution is -2.39. The molecule has 1 aromatic carbocycles. The maximum Gasteiger partial charge on any atom is 0.255 e. The van der Waals surface area contributed by atoms with E-state index < -0.39 is 0 Å². The van der Waals surface area contributed by atoms with Crippen LogP contribution in [-0.2, 0) is 4.74 Å². The van der Waals surface area contributed by atoms with E-state index in [1.54, 1.807) is 0 Å². The summed E-state index contributed by atoms with van der Waals surface area (Å²) in [4.78, 5) is 12.0. The van der Waals surface area contributed by atoms with Crippen LogP contribution in [0.4, 0.5) is 0 Å². The van der Waals surface area contributed by atoms with E-state index in [0.717, 1.165) is 32.1 Å². The second-order valence-electron chi connectivity index (χ2n) is 5.31. The third-order valence-electron chi connectivity index (χ3n) is 3.60. The van der Waals surface area contributed by atoms with Gasteiger partial charge in [0, 0.05) is 25.8 Å². The van der Waals surface area contributed by atoms with Crippen molar-refractivity contribution < 1.29 is 19.7 Å². The SMILES string of the molecule is CC1(CNC(=O)c2ccc(O)cc2O)CCOCC1. The van der Waals surface area contributed by atoms with Crippen LogP contribution in [0.2, 0.25) is 0 Å². The van der Waals surface area contributed by atoms with Gasteiger partial charge in [0.2, 0.25) is 0 Å². The van der Waals surface area contributed by atoms with Crippen molar-refractivity contribution in [1.82, 2.24) is 5.32 Å². The Bertz CT molecular complexity index is 467. The van der Waals surface area contributed by atoms with Gasteiger partial charge in [-0.2, -0.15) is 0 Å². The fourth-order valence-corrected chi connectivity index (χ4v) is 2.14. The molecule has 0 radical (unpaired) electrons. The lowest BCUT2D eigenvalue weighted by molar-refractivity contribution is 0.0238. The van der Waals surface area contributed by atoms with E-state index >= 15 is 0 Å². The molecule has 3 N–H and O–H groups in total. The normalized spacial score (nSPS) is 17.9. The summed E-state index contributed by atoms with van der Waals surface area (Å²) < 4.78 is 5.31. The molecular formula is C14H19NO4. The van der Waals surface area contributed by atoms with Gasteiger partial charge in [-0.15, -0.1) is 0 Å². The number of phenols is 2. The van der Waals surface area contributed by atoms with E-state index in [0.29, 0.717) is 6.54 Å². The van der Waals surface area contributed by atoms with Crippen molar-refractivity contribution in [3.8, 4) is 11.5 Å². The molecular weight excluding hydrogens is 246 g/mol. The van der Waals surface area contributed by atoms with E-state index in [4.69, 9.17) is 4.74 Å². The second kappa shape index (κ2) is 5.48. The largest absolute Gasteiger partial charge is 0.508 e. The van der Waals surface area contributed by atoms with Gasteiger partial charge in [-0.05, 0) is 30.4 Å². The maximum absolute atomic E-state index is 12.0. The first-order valence-electron chi connectivity index (χ1n) is 6.38. The predicted molar refractivity (Wildman–Crippen MR) is 70.3 cm³/mol. The first-order chi connectivity index (χ1) is 9.00. The molecule has 0 spiro atoms. The van der Waals surface area contributed by atoms with Crippen molar-refractivity contribution in [3.63, 3.8) is 0 Å². The first-order valence-corrected chi connectivity index (χ1v) is 6.38. The Balaban J connectivity index is 1.97. The van der Waals surface area contributed by atoms with Crippen molar-refractivity contribution in [1.29, 1.82) is 0 Å². The van der Waals surface area contributed by atoms with Crippen LogP contribution in [0, 0.1) is 5.41 Å². The number of phenolic OH excluding ortho intramolecular Hbond substituents is 2. The van der Waals surface area contributed by atoms with Gasteiger partial charge in [0.05, 0.1) is 5.56 Å². The van der Waals surface area contributed by atoms with Crippen molar-refractivity contribution in [3.05, 3.63) is 23.8 Å². The van der Waals surface area contributed by atoms with Gasteiger partial charge in [0.15, 0.2) is 0 Å². The van der Waals surface area contributed by atoms with E-state index in [1.165, 1.54) is 12.1 Å². The quantitative estimate of drug-likeness (QED) is 0.776. The highest BCUT2D eigenvalue weighted by molar-refractivity contribution is 5.97. The average Bonchev–Trinajstić information content (AvgIpc) is 2.37. The summed E-state index contributed by atoms with van der Waals surface area (Å²) in [5, 5.41) is 21.6. The summed E-state index contributed by atoms with van der Waals surface area (Å²) in [6.07, 6.45) is 1.82. The number of rotatable bonds is 3. The summed E-state index contributed by atoms with van der Waals surface area (Å²) in [5.74, 6) is -0.606. The predicted octanol–water partition coefficient (Wildman–Crippen LogP) is 1.64. The molecule has 1 fully saturated rings. The Hall–Kier alpha value is -1.75. The highest BCUT2D eigenvalue weighted by Gasteiger charge is 2.28. The van der Waals surface area contributed by atoms with Crippen LogP contribution in [0.25, 0.3) is 0 Å². The van der Waals surface area contributed by atoms with E-state index in [-0.39, 0.29) is 28.4 Å². The number of ether oxygens (including phenoxy) is 1. The number of aromatic hydroxyl groups is 2. The smallest absolute Gasteiger partial charge is 0.255 e. The molecule has 0 atom stereocenters. The van der Waals surface area contributed by atoms with Gasteiger partial charge in [-0.1, -0.05) is 6.92 Å². The summed E-state index contributed by atoms with van der Waals surface area (Å²) in [6, 6.07) is 3.95. The minimum Gasteiger partial charge on any atom is -0.508 e. The molecule has 1 heterocycles. The number of benzene rings is 1. The Kier molecular flexibility index (Phi) is 3.95. The molecule has 1 saturated heterocycles. The fourth-order valence-electron chi connectivity index (χ4n) is 2.14. The molecule has 1 aliphatic rings. The Morgan fingerprint density at radius 1 is 1.37 bits per heavy atom. The Labute approximate surface area is 112 Å². The zero-order valence-corrected chi connectivity index (χ0v) is 11.0. The van der Waals surface area contributed by atoms with Gasteiger partial charge >= 0.3 is 0 Å². The summed E-state index contributed by atoms with van der Waals surface area (Å²) in [7, 11) is 0. The first kappa shape index (κ1) is 13.7. The summed E-state index contributed by atoms with van der Waals surface area (Å²) >= 11 is 0. The standard InChI is InChI=1S/C14H19NO4/c1-14(4-6-19-7-5-14)9-15-13(18)11-3-2-10(16)8-12(11)17/h2-3,8,16-17H,4-7,9H2,1H3,(H,15,18). The van der Waals surface area contributed by atoms with Crippen LogP contribution in [-0.4, -0.2) is 35.9 Å². The van der Waals surface area contributed by atoms with Gasteiger partial charge in [-0.25, -0.2) is 0 Å². The van der Waals surface area contributed by atoms with Crippen LogP contribution in [0.1, 0.15) is 30.1 Å². The van der Waals surface area contributed by atoms with Crippen LogP contribution in [0.5, 0.6) is 11.5 Å². The van der Waals surface area contributed by atoms with E-state index in [2.05, 4.69) is 12.2 Å². The maximum atomic E-state index is 12.0. The molecule has 2 rings (SSSR count). The van der Waals surface area contributed by atoms with Crippen molar-refractivity contribution in [2.24, 2.45) is 5.41 Å². The molecule has 0 unspecified atom stereocenters. The lowest BCUT2D eigenvalue weighted by atomic mass is 9.82. The van der Waals surface area contributed by atoms with Gasteiger partial charge in [0.25, 0.3) is 5.91 Å². The van der Waals surface area contributed by atoms with Crippen LogP contribution >= 0.6 is 0 Å². The zero-order valence-electron chi connectivity index (χ0n) is 11.0. The third-order valence-corrected chi connectivity index (χ3v) is 3.60. The molecule has 0 aromatic heterocycles. The molecule has 0 aliphatic carbocycles. The number of carbonyl (C=O) groups is 1. The fraction of sp³-hybridized carbons (Fsp3) is 0.500. The second-order valence-corrected chi connectivity index (χ2v) is 5.31. The van der Waals surface area contributed by atoms with Crippen molar-refractivity contribution >= 4 is 5.91 Å². The summed E-state index contributed by atoms with van der Waals surface area (Å²) in [5.41, 5.74) is 0.217. The molecule has 5 heteroatoms. The number of amides is 1. The monoisotopic (exact) mass is 265 g/mol. The molecule has 0 bridgehead atoms. The Morgan fingerprint density at radius 3 is 2.68 bits per heavy atom. The number of carbonyl (C=O) groups excluding carboxylic acids is 1. The Morgan fingerprint density at radius 2 is 2.05 bits per heavy atom. The van der Waals surface area contributed by atoms with Crippen LogP contribution in [0.15, 0.2) is 18.2 Å². The number of hydrogen-bond acceptors (Lipinski definition) is 4. The van der Waals surface area contributed by atoms with Crippen molar-refractivity contribution in [2.75, 3.05) is 19.8 Å². The zero-order chi connectivity index (χ0) is 13.9. The van der Waals surface area contributed by atoms with E-state index in [9.17, 15) is 15.0 Å². The van der Waals surface area contributed by atoms with Gasteiger partial charge in [-0.3, -0.25) is 4.79 Å². The van der Waals surface area contributed by atoms with Crippen LogP contribution < -0.4 is 5.32 Å². The molecule has 104 valence electrons. The lowest BCUT2D eigenvalue weighted by Gasteiger charge is -2.33. The third kappa shape index (κ3) is 3.38. The highest BCUT2D eigenvalue weighted by atomic mass is 16.5. The average molecular weight is 265 g/mol. The number of nitrogens with one attached hydrogen (secondary N) is 1. The molecule has 1 amide bonds. The molecule has 0 saturated carbocycles. The topological polar surface area (TPSA) is 78.8 Å². The molecule has 19 heavy (non-hydrogen) atoms. The van der Waals surface area contributed by atoms with Crippen LogP contribution in [0.3, 0.4) is 0 Å². The summed E-state index contributed by atoms with van der Waals surface area (Å²) in [6.45, 7) is 4.11. The minimum atomic E-state index is -0.329. The van der Waals surface area contributed by atoms with Gasteiger partial charge in [0.1, 0.15) is 11.5 Å². The van der Waals surface area contributed by atoms with E-state index in [1.807, 2.05) is 0 Å². The highest BCUT2D eigenvalue weighted by Crippen LogP contribution is 2.29. The molecule has 1 aromatic rings. The van der Waals surface area contributed by atoms with Crippen molar-refractivity contribution in [2.45, 2.75) is 19.8 Å². The minimum absolute atomic E-state index is 0.0421. The van der Waals surface area contributed by atoms with Gasteiger partial charge < -0.3 is 20.3 Å².